The molecule has 0 aliphatic carbocycles. The second-order valence-electron chi connectivity index (χ2n) is 5.52. The van der Waals surface area contributed by atoms with E-state index in [2.05, 4.69) is 39.2 Å². The van der Waals surface area contributed by atoms with Crippen LogP contribution >= 0.6 is 0 Å². The van der Waals surface area contributed by atoms with Crippen molar-refractivity contribution in [2.75, 3.05) is 18.0 Å². The van der Waals surface area contributed by atoms with Crippen LogP contribution < -0.4 is 10.2 Å². The molecule has 2 heterocycles. The zero-order chi connectivity index (χ0) is 15.0. The highest BCUT2D eigenvalue weighted by Crippen LogP contribution is 2.28. The third-order valence-electron chi connectivity index (χ3n) is 3.53. The minimum Gasteiger partial charge on any atom is -0.507 e. The third-order valence-corrected chi connectivity index (χ3v) is 3.53. The van der Waals surface area contributed by atoms with Crippen LogP contribution in [-0.4, -0.2) is 45.5 Å². The van der Waals surface area contributed by atoms with Crippen molar-refractivity contribution in [3.63, 3.8) is 0 Å². The molecule has 0 radical (unpaired) electrons. The van der Waals surface area contributed by atoms with Gasteiger partial charge in [0.1, 0.15) is 11.6 Å². The van der Waals surface area contributed by atoms with Crippen LogP contribution in [0, 0.1) is 5.82 Å². The maximum atomic E-state index is 13.0. The topological polar surface area (TPSA) is 77.1 Å². The van der Waals surface area contributed by atoms with E-state index in [0.29, 0.717) is 29.4 Å². The van der Waals surface area contributed by atoms with E-state index in [9.17, 15) is 9.50 Å². The van der Waals surface area contributed by atoms with Crippen molar-refractivity contribution < 1.29 is 9.50 Å². The average molecular weight is 291 g/mol. The number of H-pyrrole nitrogens is 1. The molecule has 0 saturated carbocycles. The molecule has 3 N–H and O–H groups in total. The minimum atomic E-state index is -0.485. The molecule has 2 atom stereocenters. The van der Waals surface area contributed by atoms with Crippen LogP contribution in [0.5, 0.6) is 5.75 Å². The number of phenols is 1. The fraction of sp³-hybridized carbons (Fsp3) is 0.429. The summed E-state index contributed by atoms with van der Waals surface area (Å²) >= 11 is 0. The highest BCUT2D eigenvalue weighted by molar-refractivity contribution is 5.64. The first-order valence-electron chi connectivity index (χ1n) is 6.95. The van der Waals surface area contributed by atoms with E-state index in [1.807, 2.05) is 0 Å². The van der Waals surface area contributed by atoms with Gasteiger partial charge < -0.3 is 15.3 Å². The average Bonchev–Trinajstić information content (AvgIpc) is 2.87. The molecule has 1 saturated heterocycles. The Morgan fingerprint density at radius 3 is 2.67 bits per heavy atom. The maximum absolute atomic E-state index is 13.0. The van der Waals surface area contributed by atoms with Crippen molar-refractivity contribution >= 4 is 5.95 Å². The number of benzene rings is 1. The molecule has 1 aliphatic rings. The van der Waals surface area contributed by atoms with Gasteiger partial charge in [-0.1, -0.05) is 0 Å². The van der Waals surface area contributed by atoms with Gasteiger partial charge in [-0.05, 0) is 26.0 Å². The molecule has 1 aromatic heterocycles. The molecule has 1 fully saturated rings. The summed E-state index contributed by atoms with van der Waals surface area (Å²) in [5.41, 5.74) is 0.436. The summed E-state index contributed by atoms with van der Waals surface area (Å²) in [5.74, 6) is 0.385. The predicted molar refractivity (Wildman–Crippen MR) is 77.7 cm³/mol. The lowest BCUT2D eigenvalue weighted by molar-refractivity contribution is 0.403. The number of hydrogen-bond acceptors (Lipinski definition) is 5. The standard InChI is InChI=1S/C14H18FN5O/c1-8-6-20(7-9(2)16-8)14-17-13(18-19-14)11-4-3-10(15)5-12(11)21/h3-5,8-9,16,21H,6-7H2,1-2H3,(H,17,18,19). The number of piperazine rings is 1. The van der Waals surface area contributed by atoms with Gasteiger partial charge in [0, 0.05) is 31.2 Å². The number of anilines is 1. The van der Waals surface area contributed by atoms with Crippen LogP contribution in [0.1, 0.15) is 13.8 Å². The lowest BCUT2D eigenvalue weighted by Crippen LogP contribution is -2.54. The van der Waals surface area contributed by atoms with Crippen LogP contribution in [0.25, 0.3) is 11.4 Å². The van der Waals surface area contributed by atoms with Gasteiger partial charge in [0.2, 0.25) is 5.95 Å². The summed E-state index contributed by atoms with van der Waals surface area (Å²) in [5, 5.41) is 20.3. The Hall–Kier alpha value is -2.15. The molecule has 1 aromatic carbocycles. The number of rotatable bonds is 2. The van der Waals surface area contributed by atoms with E-state index >= 15 is 0 Å². The maximum Gasteiger partial charge on any atom is 0.245 e. The Labute approximate surface area is 122 Å². The molecule has 0 spiro atoms. The zero-order valence-electron chi connectivity index (χ0n) is 12.0. The van der Waals surface area contributed by atoms with E-state index in [1.165, 1.54) is 12.1 Å². The van der Waals surface area contributed by atoms with E-state index in [1.54, 1.807) is 0 Å². The molecule has 1 aliphatic heterocycles. The Morgan fingerprint density at radius 2 is 2.00 bits per heavy atom. The first kappa shape index (κ1) is 13.8. The van der Waals surface area contributed by atoms with Gasteiger partial charge in [-0.15, -0.1) is 5.10 Å². The first-order chi connectivity index (χ1) is 10.0. The quantitative estimate of drug-likeness (QED) is 0.781. The molecule has 0 amide bonds. The Kier molecular flexibility index (Phi) is 3.50. The van der Waals surface area contributed by atoms with Gasteiger partial charge in [-0.3, -0.25) is 5.10 Å². The Bertz CT molecular complexity index is 634. The van der Waals surface area contributed by atoms with Gasteiger partial charge in [0.15, 0.2) is 5.82 Å². The van der Waals surface area contributed by atoms with Gasteiger partial charge in [0.25, 0.3) is 0 Å². The molecule has 0 bridgehead atoms. The smallest absolute Gasteiger partial charge is 0.245 e. The molecule has 21 heavy (non-hydrogen) atoms. The SMILES string of the molecule is CC1CN(c2n[nH]c(-c3ccc(F)cc3O)n2)CC(C)N1. The summed E-state index contributed by atoms with van der Waals surface area (Å²) in [7, 11) is 0. The second kappa shape index (κ2) is 5.33. The summed E-state index contributed by atoms with van der Waals surface area (Å²) < 4.78 is 13.0. The van der Waals surface area contributed by atoms with Crippen molar-refractivity contribution in [3.8, 4) is 17.1 Å². The number of nitrogens with zero attached hydrogens (tertiary/aromatic N) is 3. The molecule has 6 nitrogen and oxygen atoms in total. The molecule has 3 rings (SSSR count). The zero-order valence-corrected chi connectivity index (χ0v) is 12.0. The molecule has 2 aromatic rings. The van der Waals surface area contributed by atoms with Crippen LogP contribution in [0.2, 0.25) is 0 Å². The lowest BCUT2D eigenvalue weighted by atomic mass is 10.1. The summed E-state index contributed by atoms with van der Waals surface area (Å²) in [6.07, 6.45) is 0. The van der Waals surface area contributed by atoms with Gasteiger partial charge in [-0.2, -0.15) is 4.98 Å². The number of hydrogen-bond donors (Lipinski definition) is 3. The van der Waals surface area contributed by atoms with Crippen molar-refractivity contribution in [2.45, 2.75) is 25.9 Å². The number of phenolic OH excluding ortho intramolecular Hbond substituents is 1. The molecule has 2 unspecified atom stereocenters. The van der Waals surface area contributed by atoms with E-state index in [4.69, 9.17) is 0 Å². The largest absolute Gasteiger partial charge is 0.507 e. The number of halogens is 1. The van der Waals surface area contributed by atoms with Crippen LogP contribution in [0.3, 0.4) is 0 Å². The number of aromatic nitrogens is 3. The van der Waals surface area contributed by atoms with E-state index in [0.717, 1.165) is 19.2 Å². The van der Waals surface area contributed by atoms with Crippen molar-refractivity contribution in [3.05, 3.63) is 24.0 Å². The summed E-state index contributed by atoms with van der Waals surface area (Å²) in [6, 6.07) is 4.54. The monoisotopic (exact) mass is 291 g/mol. The van der Waals surface area contributed by atoms with Crippen LogP contribution in [-0.2, 0) is 0 Å². The van der Waals surface area contributed by atoms with E-state index in [-0.39, 0.29) is 5.75 Å². The summed E-state index contributed by atoms with van der Waals surface area (Å²) in [6.45, 7) is 5.86. The van der Waals surface area contributed by atoms with Crippen molar-refractivity contribution in [1.82, 2.24) is 20.5 Å². The van der Waals surface area contributed by atoms with Crippen molar-refractivity contribution in [1.29, 1.82) is 0 Å². The highest BCUT2D eigenvalue weighted by atomic mass is 19.1. The normalized spacial score (nSPS) is 22.5. The van der Waals surface area contributed by atoms with Crippen LogP contribution in [0.4, 0.5) is 10.3 Å². The summed E-state index contributed by atoms with van der Waals surface area (Å²) in [4.78, 5) is 6.50. The van der Waals surface area contributed by atoms with Gasteiger partial charge in [-0.25, -0.2) is 4.39 Å². The first-order valence-corrected chi connectivity index (χ1v) is 6.95. The highest BCUT2D eigenvalue weighted by Gasteiger charge is 2.24. The number of nitrogens with one attached hydrogen (secondary N) is 2. The third kappa shape index (κ3) is 2.82. The predicted octanol–water partition coefficient (Wildman–Crippen LogP) is 1.50. The van der Waals surface area contributed by atoms with Gasteiger partial charge >= 0.3 is 0 Å². The van der Waals surface area contributed by atoms with Gasteiger partial charge in [0.05, 0.1) is 5.56 Å². The number of aromatic amines is 1. The fourth-order valence-electron chi connectivity index (χ4n) is 2.71. The molecular formula is C14H18FN5O. The van der Waals surface area contributed by atoms with E-state index < -0.39 is 5.82 Å². The fourth-order valence-corrected chi connectivity index (χ4v) is 2.71. The molecular weight excluding hydrogens is 273 g/mol. The van der Waals surface area contributed by atoms with Crippen molar-refractivity contribution in [2.24, 2.45) is 0 Å². The lowest BCUT2D eigenvalue weighted by Gasteiger charge is -2.35. The molecule has 7 heteroatoms. The Balaban J connectivity index is 1.86. The second-order valence-corrected chi connectivity index (χ2v) is 5.52. The number of aromatic hydroxyl groups is 1. The Morgan fingerprint density at radius 1 is 1.29 bits per heavy atom. The minimum absolute atomic E-state index is 0.153. The van der Waals surface area contributed by atoms with Crippen LogP contribution in [0.15, 0.2) is 18.2 Å². The molecule has 112 valence electrons.